The quantitative estimate of drug-likeness (QED) is 0.839. The van der Waals surface area contributed by atoms with Gasteiger partial charge in [0.2, 0.25) is 10.0 Å². The Bertz CT molecular complexity index is 626. The monoisotopic (exact) mass is 306 g/mol. The highest BCUT2D eigenvalue weighted by atomic mass is 32.2. The molecule has 1 aliphatic carbocycles. The summed E-state index contributed by atoms with van der Waals surface area (Å²) in [5.74, 6) is 0.259. The zero-order valence-corrected chi connectivity index (χ0v) is 13.4. The molecule has 1 saturated carbocycles. The van der Waals surface area contributed by atoms with Gasteiger partial charge in [-0.2, -0.15) is 9.57 Å². The van der Waals surface area contributed by atoms with Crippen molar-refractivity contribution in [2.24, 2.45) is 5.92 Å². The lowest BCUT2D eigenvalue weighted by Gasteiger charge is -2.29. The summed E-state index contributed by atoms with van der Waals surface area (Å²) >= 11 is 0. The molecule has 0 N–H and O–H groups in total. The number of benzene rings is 1. The molecule has 114 valence electrons. The molecule has 2 rings (SSSR count). The fourth-order valence-corrected chi connectivity index (χ4v) is 4.90. The molecular weight excluding hydrogens is 284 g/mol. The number of hydrogen-bond acceptors (Lipinski definition) is 3. The molecule has 0 atom stereocenters. The Labute approximate surface area is 127 Å². The molecule has 21 heavy (non-hydrogen) atoms. The molecule has 1 aromatic rings. The molecule has 1 aromatic carbocycles. The Kier molecular flexibility index (Phi) is 5.02. The zero-order chi connectivity index (χ0) is 15.5. The molecule has 5 heteroatoms. The van der Waals surface area contributed by atoms with Gasteiger partial charge in [0.05, 0.1) is 10.5 Å². The number of sulfonamides is 1. The summed E-state index contributed by atoms with van der Waals surface area (Å²) in [7, 11) is -3.61. The maximum Gasteiger partial charge on any atom is 0.244 e. The van der Waals surface area contributed by atoms with Gasteiger partial charge in [0.1, 0.15) is 6.07 Å². The van der Waals surface area contributed by atoms with Crippen LogP contribution in [0.2, 0.25) is 0 Å². The molecule has 1 aliphatic rings. The summed E-state index contributed by atoms with van der Waals surface area (Å²) in [5, 5.41) is 9.18. The predicted octanol–water partition coefficient (Wildman–Crippen LogP) is 3.15. The zero-order valence-electron chi connectivity index (χ0n) is 12.6. The Morgan fingerprint density at radius 3 is 2.48 bits per heavy atom. The fourth-order valence-electron chi connectivity index (χ4n) is 2.91. The second-order valence-electron chi connectivity index (χ2n) is 6.01. The van der Waals surface area contributed by atoms with E-state index in [-0.39, 0.29) is 22.4 Å². The average molecular weight is 306 g/mol. The first-order chi connectivity index (χ1) is 9.96. The van der Waals surface area contributed by atoms with Crippen molar-refractivity contribution in [1.29, 1.82) is 5.26 Å². The smallest absolute Gasteiger partial charge is 0.207 e. The lowest BCUT2D eigenvalue weighted by molar-refractivity contribution is 0.292. The third kappa shape index (κ3) is 3.45. The molecule has 0 radical (unpaired) electrons. The van der Waals surface area contributed by atoms with Gasteiger partial charge in [-0.1, -0.05) is 38.8 Å². The Morgan fingerprint density at radius 1 is 1.29 bits per heavy atom. The van der Waals surface area contributed by atoms with Crippen molar-refractivity contribution in [3.05, 3.63) is 29.8 Å². The van der Waals surface area contributed by atoms with E-state index in [1.54, 1.807) is 22.5 Å². The summed E-state index contributed by atoms with van der Waals surface area (Å²) < 4.78 is 27.6. The van der Waals surface area contributed by atoms with Crippen LogP contribution in [0.25, 0.3) is 0 Å². The molecule has 0 amide bonds. The number of rotatable bonds is 5. The summed E-state index contributed by atoms with van der Waals surface area (Å²) in [4.78, 5) is 0.139. The van der Waals surface area contributed by atoms with Crippen LogP contribution < -0.4 is 0 Å². The van der Waals surface area contributed by atoms with Crippen molar-refractivity contribution in [3.63, 3.8) is 0 Å². The van der Waals surface area contributed by atoms with Gasteiger partial charge in [-0.15, -0.1) is 0 Å². The van der Waals surface area contributed by atoms with E-state index in [9.17, 15) is 13.7 Å². The fraction of sp³-hybridized carbons (Fsp3) is 0.562. The molecule has 0 spiro atoms. The van der Waals surface area contributed by atoms with Crippen LogP contribution in [-0.2, 0) is 10.0 Å². The Balaban J connectivity index is 2.44. The van der Waals surface area contributed by atoms with Crippen molar-refractivity contribution >= 4 is 10.0 Å². The Hall–Kier alpha value is -1.38. The maximum absolute atomic E-state index is 13.0. The summed E-state index contributed by atoms with van der Waals surface area (Å²) in [6.07, 6.45) is 3.99. The molecule has 1 fully saturated rings. The minimum Gasteiger partial charge on any atom is -0.207 e. The lowest BCUT2D eigenvalue weighted by atomic mass is 10.2. The van der Waals surface area contributed by atoms with Gasteiger partial charge in [0.25, 0.3) is 0 Å². The average Bonchev–Trinajstić information content (AvgIpc) is 2.98. The largest absolute Gasteiger partial charge is 0.244 e. The van der Waals surface area contributed by atoms with Crippen molar-refractivity contribution in [1.82, 2.24) is 4.31 Å². The van der Waals surface area contributed by atoms with Gasteiger partial charge in [0, 0.05) is 12.6 Å². The van der Waals surface area contributed by atoms with Crippen molar-refractivity contribution < 1.29 is 8.42 Å². The lowest BCUT2D eigenvalue weighted by Crippen LogP contribution is -2.41. The number of nitriles is 1. The van der Waals surface area contributed by atoms with E-state index in [4.69, 9.17) is 0 Å². The molecular formula is C16H22N2O2S. The second kappa shape index (κ2) is 6.59. The third-order valence-corrected chi connectivity index (χ3v) is 5.85. The first-order valence-electron chi connectivity index (χ1n) is 7.47. The number of nitrogens with zero attached hydrogens (tertiary/aromatic N) is 2. The summed E-state index contributed by atoms with van der Waals surface area (Å²) in [6, 6.07) is 8.54. The van der Waals surface area contributed by atoms with E-state index in [0.29, 0.717) is 6.54 Å². The van der Waals surface area contributed by atoms with E-state index in [1.165, 1.54) is 6.07 Å². The van der Waals surface area contributed by atoms with E-state index in [1.807, 2.05) is 19.9 Å². The van der Waals surface area contributed by atoms with Gasteiger partial charge in [-0.25, -0.2) is 8.42 Å². The second-order valence-corrected chi connectivity index (χ2v) is 7.87. The van der Waals surface area contributed by atoms with Gasteiger partial charge in [-0.05, 0) is 30.9 Å². The molecule has 4 nitrogen and oxygen atoms in total. The van der Waals surface area contributed by atoms with Crippen LogP contribution >= 0.6 is 0 Å². The summed E-state index contributed by atoms with van der Waals surface area (Å²) in [6.45, 7) is 4.55. The van der Waals surface area contributed by atoms with Gasteiger partial charge in [0.15, 0.2) is 0 Å². The van der Waals surface area contributed by atoms with Gasteiger partial charge in [-0.3, -0.25) is 0 Å². The van der Waals surface area contributed by atoms with E-state index in [2.05, 4.69) is 0 Å². The Morgan fingerprint density at radius 2 is 1.90 bits per heavy atom. The highest BCUT2D eigenvalue weighted by Gasteiger charge is 2.34. The van der Waals surface area contributed by atoms with Gasteiger partial charge >= 0.3 is 0 Å². The highest BCUT2D eigenvalue weighted by Crippen LogP contribution is 2.30. The molecule has 0 bridgehead atoms. The molecule has 0 unspecified atom stereocenters. The first-order valence-corrected chi connectivity index (χ1v) is 8.91. The van der Waals surface area contributed by atoms with Crippen LogP contribution in [-0.4, -0.2) is 25.3 Å². The van der Waals surface area contributed by atoms with Crippen LogP contribution in [0, 0.1) is 17.2 Å². The van der Waals surface area contributed by atoms with Crippen molar-refractivity contribution in [3.8, 4) is 6.07 Å². The molecule has 0 aromatic heterocycles. The molecule has 0 saturated heterocycles. The van der Waals surface area contributed by atoms with Crippen LogP contribution in [0.1, 0.15) is 45.1 Å². The molecule has 0 heterocycles. The van der Waals surface area contributed by atoms with Gasteiger partial charge < -0.3 is 0 Å². The third-order valence-electron chi connectivity index (χ3n) is 3.87. The van der Waals surface area contributed by atoms with Crippen LogP contribution in [0.5, 0.6) is 0 Å². The standard InChI is InChI=1S/C16H22N2O2S/c1-13(2)12-18(15-8-4-5-9-15)21(19,20)16-10-6-3-7-14(16)11-17/h3,6-7,10,13,15H,4-5,8-9,12H2,1-2H3. The first kappa shape index (κ1) is 16.0. The van der Waals surface area contributed by atoms with Crippen molar-refractivity contribution in [2.45, 2.75) is 50.5 Å². The predicted molar refractivity (Wildman–Crippen MR) is 82.1 cm³/mol. The highest BCUT2D eigenvalue weighted by molar-refractivity contribution is 7.89. The molecule has 0 aliphatic heterocycles. The SMILES string of the molecule is CC(C)CN(C1CCCC1)S(=O)(=O)c1ccccc1C#N. The normalized spacial score (nSPS) is 16.5. The van der Waals surface area contributed by atoms with Crippen LogP contribution in [0.15, 0.2) is 29.2 Å². The van der Waals surface area contributed by atoms with Crippen molar-refractivity contribution in [2.75, 3.05) is 6.54 Å². The minimum absolute atomic E-state index is 0.0733. The van der Waals surface area contributed by atoms with Crippen LogP contribution in [0.4, 0.5) is 0 Å². The summed E-state index contributed by atoms with van der Waals surface area (Å²) in [5.41, 5.74) is 0.226. The topological polar surface area (TPSA) is 61.2 Å². The van der Waals surface area contributed by atoms with E-state index < -0.39 is 10.0 Å². The minimum atomic E-state index is -3.61. The van der Waals surface area contributed by atoms with E-state index >= 15 is 0 Å². The maximum atomic E-state index is 13.0. The number of hydrogen-bond donors (Lipinski definition) is 0. The van der Waals surface area contributed by atoms with Crippen LogP contribution in [0.3, 0.4) is 0 Å². The van der Waals surface area contributed by atoms with E-state index in [0.717, 1.165) is 25.7 Å².